The van der Waals surface area contributed by atoms with Crippen LogP contribution in [0.3, 0.4) is 0 Å². The van der Waals surface area contributed by atoms with Gasteiger partial charge in [-0.2, -0.15) is 15.0 Å². The van der Waals surface area contributed by atoms with Gasteiger partial charge in [0.15, 0.2) is 5.78 Å². The lowest BCUT2D eigenvalue weighted by molar-refractivity contribution is -0.217. The summed E-state index contributed by atoms with van der Waals surface area (Å²) >= 11 is 5.71. The molecule has 12 heteroatoms. The number of aromatic nitrogens is 2. The van der Waals surface area contributed by atoms with Gasteiger partial charge in [0.25, 0.3) is 5.17 Å². The van der Waals surface area contributed by atoms with Crippen LogP contribution in [0.1, 0.15) is 52.4 Å². The maximum atomic E-state index is 13.2. The van der Waals surface area contributed by atoms with E-state index >= 15 is 0 Å². The first-order valence-electron chi connectivity index (χ1n) is 15.4. The van der Waals surface area contributed by atoms with Gasteiger partial charge in [0, 0.05) is 65.0 Å². The Kier molecular flexibility index (Phi) is 8.33. The van der Waals surface area contributed by atoms with Crippen molar-refractivity contribution in [3.8, 4) is 0 Å². The molecule has 224 valence electrons. The third-order valence-electron chi connectivity index (χ3n) is 9.20. The fraction of sp³-hybridized carbons (Fsp3) is 0.759. The molecule has 2 unspecified atom stereocenters. The van der Waals surface area contributed by atoms with Gasteiger partial charge in [-0.1, -0.05) is 13.8 Å². The summed E-state index contributed by atoms with van der Waals surface area (Å²) in [7, 11) is 0. The number of rotatable bonds is 8. The number of hydrogen-bond acceptors (Lipinski definition) is 11. The van der Waals surface area contributed by atoms with Gasteiger partial charge in [-0.3, -0.25) is 14.4 Å². The molecule has 41 heavy (non-hydrogen) atoms. The molecule has 1 aliphatic carbocycles. The van der Waals surface area contributed by atoms with E-state index in [-0.39, 0.29) is 24.6 Å². The van der Waals surface area contributed by atoms with Crippen molar-refractivity contribution in [1.82, 2.24) is 19.9 Å². The second-order valence-corrected chi connectivity index (χ2v) is 12.8. The van der Waals surface area contributed by atoms with Gasteiger partial charge in [0.05, 0.1) is 18.9 Å². The standard InChI is InChI=1S/C29H43N7O4S/c1-21(2)19-40-36-12-7-22-23(37)17-24(38)29(22,36)20-39-28(41)35-15-13-33(14-16-35)26-18-25(32-8-3-4-9-32)30-27(31-26)34-10-5-6-11-34/h18,21-22H,3-17,19-20H2,1-2H3. The number of anilines is 3. The SMILES string of the molecule is CC(C)CON1CCC2C(=O)CC(=O)C21COC(=S)N1CCN(c2cc(N3CCCC3)nc(N3CCCC3)n2)CC1. The topological polar surface area (TPSA) is 94.6 Å². The van der Waals surface area contributed by atoms with Crippen molar-refractivity contribution in [1.29, 1.82) is 0 Å². The predicted octanol–water partition coefficient (Wildman–Crippen LogP) is 2.29. The van der Waals surface area contributed by atoms with Gasteiger partial charge < -0.3 is 24.3 Å². The van der Waals surface area contributed by atoms with E-state index in [0.29, 0.717) is 43.8 Å². The highest BCUT2D eigenvalue weighted by molar-refractivity contribution is 7.80. The summed E-state index contributed by atoms with van der Waals surface area (Å²) in [6.45, 7) is 12.2. The van der Waals surface area contributed by atoms with Crippen LogP contribution in [0.4, 0.5) is 17.6 Å². The van der Waals surface area contributed by atoms with Crippen molar-refractivity contribution in [3.05, 3.63) is 6.07 Å². The van der Waals surface area contributed by atoms with Crippen LogP contribution in [0.15, 0.2) is 6.07 Å². The average molecular weight is 586 g/mol. The van der Waals surface area contributed by atoms with E-state index in [1.807, 2.05) is 0 Å². The van der Waals surface area contributed by atoms with Crippen LogP contribution in [0.5, 0.6) is 0 Å². The molecule has 0 spiro atoms. The number of hydrogen-bond donors (Lipinski definition) is 0. The zero-order valence-corrected chi connectivity index (χ0v) is 25.2. The number of thiocarbonyl (C=S) groups is 1. The molecular weight excluding hydrogens is 542 g/mol. The summed E-state index contributed by atoms with van der Waals surface area (Å²) in [6, 6.07) is 2.14. The third kappa shape index (κ3) is 5.62. The van der Waals surface area contributed by atoms with E-state index in [0.717, 1.165) is 56.9 Å². The maximum absolute atomic E-state index is 13.2. The molecule has 4 saturated heterocycles. The first kappa shape index (κ1) is 28.5. The number of fused-ring (bicyclic) bond motifs is 1. The molecule has 1 aromatic heterocycles. The van der Waals surface area contributed by atoms with Crippen LogP contribution in [-0.4, -0.2) is 114 Å². The van der Waals surface area contributed by atoms with Gasteiger partial charge in [-0.25, -0.2) is 0 Å². The lowest BCUT2D eigenvalue weighted by atomic mass is 9.88. The molecular formula is C29H43N7O4S. The number of piperazine rings is 1. The Hall–Kier alpha value is -2.57. The van der Waals surface area contributed by atoms with Crippen LogP contribution in [0.25, 0.3) is 0 Å². The summed E-state index contributed by atoms with van der Waals surface area (Å²) in [5, 5.41) is 2.09. The maximum Gasteiger partial charge on any atom is 0.259 e. The normalized spacial score (nSPS) is 27.0. The summed E-state index contributed by atoms with van der Waals surface area (Å²) in [5.41, 5.74) is -1.07. The molecule has 0 radical (unpaired) electrons. The Morgan fingerprint density at radius 3 is 2.17 bits per heavy atom. The number of carbonyl (C=O) groups is 2. The molecule has 0 aromatic carbocycles. The Morgan fingerprint density at radius 1 is 0.927 bits per heavy atom. The molecule has 6 rings (SSSR count). The van der Waals surface area contributed by atoms with E-state index in [4.69, 9.17) is 31.8 Å². The van der Waals surface area contributed by atoms with Crippen LogP contribution in [0.2, 0.25) is 0 Å². The summed E-state index contributed by atoms with van der Waals surface area (Å²) in [6.07, 6.45) is 5.34. The van der Waals surface area contributed by atoms with E-state index in [1.54, 1.807) is 5.06 Å². The number of carbonyl (C=O) groups excluding carboxylic acids is 2. The Balaban J connectivity index is 1.10. The van der Waals surface area contributed by atoms with Crippen molar-refractivity contribution in [3.63, 3.8) is 0 Å². The van der Waals surface area contributed by atoms with Gasteiger partial charge in [-0.15, -0.1) is 0 Å². The first-order chi connectivity index (χ1) is 19.8. The van der Waals surface area contributed by atoms with Crippen LogP contribution < -0.4 is 14.7 Å². The number of nitrogens with zero attached hydrogens (tertiary/aromatic N) is 7. The van der Waals surface area contributed by atoms with Gasteiger partial charge in [0.2, 0.25) is 5.95 Å². The zero-order valence-electron chi connectivity index (χ0n) is 24.4. The Bertz CT molecular complexity index is 1110. The van der Waals surface area contributed by atoms with E-state index in [1.165, 1.54) is 25.7 Å². The van der Waals surface area contributed by atoms with Crippen molar-refractivity contribution in [2.24, 2.45) is 11.8 Å². The van der Waals surface area contributed by atoms with Crippen molar-refractivity contribution in [2.45, 2.75) is 57.9 Å². The molecule has 2 atom stereocenters. The molecule has 1 saturated carbocycles. The van der Waals surface area contributed by atoms with E-state index < -0.39 is 11.5 Å². The Labute approximate surface area is 248 Å². The van der Waals surface area contributed by atoms with Gasteiger partial charge >= 0.3 is 0 Å². The largest absolute Gasteiger partial charge is 0.468 e. The summed E-state index contributed by atoms with van der Waals surface area (Å²) in [4.78, 5) is 50.9. The van der Waals surface area contributed by atoms with Gasteiger partial charge in [0.1, 0.15) is 29.6 Å². The monoisotopic (exact) mass is 585 g/mol. The summed E-state index contributed by atoms with van der Waals surface area (Å²) < 4.78 is 6.15. The average Bonchev–Trinajstić information content (AvgIpc) is 3.78. The lowest BCUT2D eigenvalue weighted by Gasteiger charge is -2.39. The molecule has 0 bridgehead atoms. The molecule has 4 aliphatic heterocycles. The molecule has 5 fully saturated rings. The second-order valence-electron chi connectivity index (χ2n) is 12.4. The number of ketones is 2. The molecule has 11 nitrogen and oxygen atoms in total. The Morgan fingerprint density at radius 2 is 1.54 bits per heavy atom. The van der Waals surface area contributed by atoms with Crippen LogP contribution in [0, 0.1) is 11.8 Å². The molecule has 0 amide bonds. The van der Waals surface area contributed by atoms with E-state index in [2.05, 4.69) is 39.5 Å². The lowest BCUT2D eigenvalue weighted by Crippen LogP contribution is -2.56. The summed E-state index contributed by atoms with van der Waals surface area (Å²) in [5.74, 6) is 2.62. The highest BCUT2D eigenvalue weighted by Gasteiger charge is 2.63. The smallest absolute Gasteiger partial charge is 0.259 e. The van der Waals surface area contributed by atoms with E-state index in [9.17, 15) is 9.59 Å². The zero-order chi connectivity index (χ0) is 28.6. The van der Waals surface area contributed by atoms with Crippen molar-refractivity contribution < 1.29 is 19.2 Å². The fourth-order valence-corrected chi connectivity index (χ4v) is 7.09. The number of Topliss-reactive ketones (excluding diaryl/α,β-unsaturated/α-hetero) is 2. The van der Waals surface area contributed by atoms with Crippen LogP contribution >= 0.6 is 12.2 Å². The van der Waals surface area contributed by atoms with Crippen molar-refractivity contribution in [2.75, 3.05) is 86.8 Å². The number of ether oxygens (including phenoxy) is 1. The highest BCUT2D eigenvalue weighted by Crippen LogP contribution is 2.43. The predicted molar refractivity (Wildman–Crippen MR) is 160 cm³/mol. The minimum Gasteiger partial charge on any atom is -0.468 e. The molecule has 5 heterocycles. The molecule has 5 aliphatic rings. The first-order valence-corrected chi connectivity index (χ1v) is 15.8. The molecule has 0 N–H and O–H groups in total. The minimum atomic E-state index is -1.07. The molecule has 1 aromatic rings. The highest BCUT2D eigenvalue weighted by atomic mass is 32.1. The van der Waals surface area contributed by atoms with Gasteiger partial charge in [-0.05, 0) is 50.2 Å². The third-order valence-corrected chi connectivity index (χ3v) is 9.57. The van der Waals surface area contributed by atoms with Crippen molar-refractivity contribution >= 4 is 46.5 Å². The second kappa shape index (κ2) is 12.0. The quantitative estimate of drug-likeness (QED) is 0.331. The number of hydroxylamine groups is 2. The minimum absolute atomic E-state index is 0.0137. The fourth-order valence-electron chi connectivity index (χ4n) is 6.85. The van der Waals surface area contributed by atoms with Crippen LogP contribution in [-0.2, 0) is 19.2 Å².